The van der Waals surface area contributed by atoms with Crippen LogP contribution < -0.4 is 10.5 Å². The zero-order valence-corrected chi connectivity index (χ0v) is 8.16. The van der Waals surface area contributed by atoms with Crippen LogP contribution in [0, 0.1) is 5.82 Å². The van der Waals surface area contributed by atoms with Gasteiger partial charge in [-0.05, 0) is 12.5 Å². The third-order valence-electron chi connectivity index (χ3n) is 2.03. The van der Waals surface area contributed by atoms with Crippen molar-refractivity contribution in [1.82, 2.24) is 0 Å². The Bertz CT molecular complexity index is 325. The Balaban J connectivity index is 2.93. The van der Waals surface area contributed by atoms with E-state index in [-0.39, 0.29) is 11.9 Å². The van der Waals surface area contributed by atoms with Gasteiger partial charge < -0.3 is 10.5 Å². The summed E-state index contributed by atoms with van der Waals surface area (Å²) in [4.78, 5) is 0. The van der Waals surface area contributed by atoms with Crippen LogP contribution in [0.25, 0.3) is 0 Å². The first-order valence-electron chi connectivity index (χ1n) is 4.39. The second-order valence-electron chi connectivity index (χ2n) is 3.02. The van der Waals surface area contributed by atoms with Crippen LogP contribution in [0.5, 0.6) is 5.75 Å². The zero-order valence-electron chi connectivity index (χ0n) is 8.16. The summed E-state index contributed by atoms with van der Waals surface area (Å²) in [6.45, 7) is 3.56. The lowest BCUT2D eigenvalue weighted by Gasteiger charge is -2.11. The molecule has 0 spiro atoms. The monoisotopic (exact) mass is 195 g/mol. The molecule has 0 saturated carbocycles. The number of benzene rings is 1. The Morgan fingerprint density at radius 1 is 1.64 bits per heavy atom. The first-order chi connectivity index (χ1) is 6.69. The summed E-state index contributed by atoms with van der Waals surface area (Å²) in [5.41, 5.74) is 6.24. The Morgan fingerprint density at radius 3 is 2.86 bits per heavy atom. The highest BCUT2D eigenvalue weighted by molar-refractivity contribution is 5.30. The molecule has 3 heteroatoms. The lowest BCUT2D eigenvalue weighted by atomic mass is 10.0. The summed E-state index contributed by atoms with van der Waals surface area (Å²) in [5.74, 6) is 0.163. The topological polar surface area (TPSA) is 35.2 Å². The fraction of sp³-hybridized carbons (Fsp3) is 0.273. The van der Waals surface area contributed by atoms with Crippen LogP contribution in [0.4, 0.5) is 4.39 Å². The molecule has 0 saturated heterocycles. The van der Waals surface area contributed by atoms with Gasteiger partial charge in [0.1, 0.15) is 11.6 Å². The Morgan fingerprint density at radius 2 is 2.36 bits per heavy atom. The van der Waals surface area contributed by atoms with Crippen molar-refractivity contribution >= 4 is 0 Å². The van der Waals surface area contributed by atoms with Gasteiger partial charge in [0.2, 0.25) is 0 Å². The van der Waals surface area contributed by atoms with Gasteiger partial charge in [-0.3, -0.25) is 0 Å². The van der Waals surface area contributed by atoms with Crippen molar-refractivity contribution in [1.29, 1.82) is 0 Å². The first-order valence-corrected chi connectivity index (χ1v) is 4.39. The van der Waals surface area contributed by atoms with Crippen molar-refractivity contribution < 1.29 is 9.13 Å². The fourth-order valence-corrected chi connectivity index (χ4v) is 1.24. The van der Waals surface area contributed by atoms with Crippen LogP contribution in [0.15, 0.2) is 30.9 Å². The van der Waals surface area contributed by atoms with Crippen molar-refractivity contribution in [3.63, 3.8) is 0 Å². The molecular formula is C11H14FNO. The van der Waals surface area contributed by atoms with E-state index in [9.17, 15) is 4.39 Å². The molecule has 2 N–H and O–H groups in total. The van der Waals surface area contributed by atoms with Crippen molar-refractivity contribution in [2.45, 2.75) is 12.5 Å². The number of hydrogen-bond donors (Lipinski definition) is 1. The number of nitrogens with two attached hydrogens (primary N) is 1. The van der Waals surface area contributed by atoms with Gasteiger partial charge in [0.05, 0.1) is 7.11 Å². The highest BCUT2D eigenvalue weighted by Crippen LogP contribution is 2.22. The van der Waals surface area contributed by atoms with Crippen LogP contribution in [0.1, 0.15) is 18.0 Å². The van der Waals surface area contributed by atoms with Crippen molar-refractivity contribution in [3.8, 4) is 5.75 Å². The maximum atomic E-state index is 13.4. The summed E-state index contributed by atoms with van der Waals surface area (Å²) in [5, 5.41) is 0. The molecule has 0 amide bonds. The van der Waals surface area contributed by atoms with Crippen LogP contribution in [0.3, 0.4) is 0 Å². The average molecular weight is 195 g/mol. The van der Waals surface area contributed by atoms with Gasteiger partial charge in [-0.15, -0.1) is 6.58 Å². The lowest BCUT2D eigenvalue weighted by Crippen LogP contribution is -2.11. The van der Waals surface area contributed by atoms with E-state index in [1.54, 1.807) is 18.2 Å². The summed E-state index contributed by atoms with van der Waals surface area (Å²) >= 11 is 0. The summed E-state index contributed by atoms with van der Waals surface area (Å²) in [6.07, 6.45) is 2.23. The Hall–Kier alpha value is -1.35. The van der Waals surface area contributed by atoms with E-state index in [0.717, 1.165) is 0 Å². The van der Waals surface area contributed by atoms with Crippen LogP contribution >= 0.6 is 0 Å². The van der Waals surface area contributed by atoms with E-state index in [2.05, 4.69) is 6.58 Å². The number of rotatable bonds is 4. The van der Waals surface area contributed by atoms with Crippen molar-refractivity contribution in [2.24, 2.45) is 5.73 Å². The molecule has 1 aromatic carbocycles. The van der Waals surface area contributed by atoms with Crippen LogP contribution in [0.2, 0.25) is 0 Å². The maximum Gasteiger partial charge on any atom is 0.131 e. The van der Waals surface area contributed by atoms with Gasteiger partial charge in [-0.2, -0.15) is 0 Å². The second kappa shape index (κ2) is 4.77. The number of methoxy groups -OCH3 is 1. The van der Waals surface area contributed by atoms with E-state index in [4.69, 9.17) is 10.5 Å². The molecule has 0 aromatic heterocycles. The summed E-state index contributed by atoms with van der Waals surface area (Å²) in [7, 11) is 1.50. The summed E-state index contributed by atoms with van der Waals surface area (Å²) in [6, 6.07) is 4.33. The Labute approximate surface area is 83.2 Å². The predicted octanol–water partition coefficient (Wildman–Crippen LogP) is 2.41. The molecule has 1 atom stereocenters. The van der Waals surface area contributed by atoms with Gasteiger partial charge in [-0.1, -0.05) is 12.1 Å². The molecular weight excluding hydrogens is 181 g/mol. The SMILES string of the molecule is C=CC[C@H](N)c1ccc(OC)cc1F. The number of hydrogen-bond acceptors (Lipinski definition) is 2. The molecule has 0 aliphatic rings. The highest BCUT2D eigenvalue weighted by atomic mass is 19.1. The largest absolute Gasteiger partial charge is 0.497 e. The van der Waals surface area contributed by atoms with Crippen LogP contribution in [-0.4, -0.2) is 7.11 Å². The van der Waals surface area contributed by atoms with E-state index >= 15 is 0 Å². The highest BCUT2D eigenvalue weighted by Gasteiger charge is 2.10. The third kappa shape index (κ3) is 2.33. The van der Waals surface area contributed by atoms with Crippen molar-refractivity contribution in [2.75, 3.05) is 7.11 Å². The number of ether oxygens (including phenoxy) is 1. The molecule has 1 rings (SSSR count). The Kier molecular flexibility index (Phi) is 3.65. The molecule has 0 aliphatic carbocycles. The summed E-state index contributed by atoms with van der Waals surface area (Å²) < 4.78 is 18.3. The minimum atomic E-state index is -0.335. The molecule has 14 heavy (non-hydrogen) atoms. The normalized spacial score (nSPS) is 12.2. The maximum absolute atomic E-state index is 13.4. The number of halogens is 1. The van der Waals surface area contributed by atoms with E-state index < -0.39 is 0 Å². The molecule has 0 fully saturated rings. The third-order valence-corrected chi connectivity index (χ3v) is 2.03. The molecule has 0 aliphatic heterocycles. The molecule has 0 bridgehead atoms. The van der Waals surface area contributed by atoms with Gasteiger partial charge in [0.15, 0.2) is 0 Å². The molecule has 0 heterocycles. The molecule has 0 unspecified atom stereocenters. The minimum absolute atomic E-state index is 0.335. The van der Waals surface area contributed by atoms with E-state index in [1.807, 2.05) is 0 Å². The van der Waals surface area contributed by atoms with Gasteiger partial charge >= 0.3 is 0 Å². The predicted molar refractivity (Wildman–Crippen MR) is 54.7 cm³/mol. The average Bonchev–Trinajstić information content (AvgIpc) is 2.17. The van der Waals surface area contributed by atoms with Gasteiger partial charge in [0.25, 0.3) is 0 Å². The van der Waals surface area contributed by atoms with Gasteiger partial charge in [0, 0.05) is 17.7 Å². The second-order valence-corrected chi connectivity index (χ2v) is 3.02. The van der Waals surface area contributed by atoms with E-state index in [0.29, 0.717) is 17.7 Å². The van der Waals surface area contributed by atoms with Crippen molar-refractivity contribution in [3.05, 3.63) is 42.2 Å². The van der Waals surface area contributed by atoms with Gasteiger partial charge in [-0.25, -0.2) is 4.39 Å². The fourth-order valence-electron chi connectivity index (χ4n) is 1.24. The molecule has 2 nitrogen and oxygen atoms in total. The minimum Gasteiger partial charge on any atom is -0.497 e. The molecule has 76 valence electrons. The first kappa shape index (κ1) is 10.7. The molecule has 1 aromatic rings. The smallest absolute Gasteiger partial charge is 0.131 e. The van der Waals surface area contributed by atoms with Crippen LogP contribution in [-0.2, 0) is 0 Å². The lowest BCUT2D eigenvalue weighted by molar-refractivity contribution is 0.410. The zero-order chi connectivity index (χ0) is 10.6. The standard InChI is InChI=1S/C11H14FNO/c1-3-4-11(13)9-6-5-8(14-2)7-10(9)12/h3,5-7,11H,1,4,13H2,2H3/t11-/m0/s1. The quantitative estimate of drug-likeness (QED) is 0.749. The molecule has 0 radical (unpaired) electrons. The van der Waals surface area contributed by atoms with E-state index in [1.165, 1.54) is 13.2 Å².